The molecule has 2 aromatic rings. The number of sulfonamides is 1. The SMILES string of the molecule is Cc1ccc(S(=O)(=O)NC2=NCCNC(=O)c3ccccc3C(=O)NCC2)cc1. The summed E-state index contributed by atoms with van der Waals surface area (Å²) in [5.41, 5.74) is 1.50. The van der Waals surface area contributed by atoms with Crippen LogP contribution < -0.4 is 15.4 Å². The summed E-state index contributed by atoms with van der Waals surface area (Å²) in [4.78, 5) is 29.2. The quantitative estimate of drug-likeness (QED) is 0.685. The minimum atomic E-state index is -3.80. The van der Waals surface area contributed by atoms with E-state index < -0.39 is 15.9 Å². The van der Waals surface area contributed by atoms with Gasteiger partial charge in [0.25, 0.3) is 21.8 Å². The van der Waals surface area contributed by atoms with Crippen LogP contribution in [0, 0.1) is 6.92 Å². The number of nitrogens with one attached hydrogen (secondary N) is 3. The number of amidine groups is 1. The van der Waals surface area contributed by atoms with Crippen LogP contribution in [0.15, 0.2) is 58.4 Å². The van der Waals surface area contributed by atoms with Crippen LogP contribution in [0.2, 0.25) is 0 Å². The third-order valence-electron chi connectivity index (χ3n) is 4.35. The lowest BCUT2D eigenvalue weighted by molar-refractivity contribution is 0.0920. The zero-order chi connectivity index (χ0) is 20.9. The van der Waals surface area contributed by atoms with Crippen molar-refractivity contribution in [3.8, 4) is 0 Å². The highest BCUT2D eigenvalue weighted by atomic mass is 32.2. The predicted octanol–water partition coefficient (Wildman–Crippen LogP) is 1.24. The van der Waals surface area contributed by atoms with Crippen molar-refractivity contribution in [1.29, 1.82) is 0 Å². The lowest BCUT2D eigenvalue weighted by Gasteiger charge is -2.15. The summed E-state index contributed by atoms with van der Waals surface area (Å²) in [6, 6.07) is 13.0. The molecule has 1 heterocycles. The summed E-state index contributed by atoms with van der Waals surface area (Å²) in [6.45, 7) is 2.46. The van der Waals surface area contributed by atoms with Crippen molar-refractivity contribution in [2.75, 3.05) is 19.6 Å². The zero-order valence-electron chi connectivity index (χ0n) is 15.9. The summed E-state index contributed by atoms with van der Waals surface area (Å²) in [5.74, 6) is -0.570. The topological polar surface area (TPSA) is 117 Å². The Labute approximate surface area is 169 Å². The van der Waals surface area contributed by atoms with Gasteiger partial charge in [-0.25, -0.2) is 8.42 Å². The molecule has 0 atom stereocenters. The first-order chi connectivity index (χ1) is 13.9. The van der Waals surface area contributed by atoms with E-state index in [1.807, 2.05) is 6.92 Å². The molecule has 9 heteroatoms. The van der Waals surface area contributed by atoms with Crippen molar-refractivity contribution in [3.63, 3.8) is 0 Å². The smallest absolute Gasteiger partial charge is 0.262 e. The van der Waals surface area contributed by atoms with Crippen LogP contribution in [0.25, 0.3) is 0 Å². The Balaban J connectivity index is 1.77. The van der Waals surface area contributed by atoms with E-state index >= 15 is 0 Å². The average molecular weight is 414 g/mol. The fourth-order valence-corrected chi connectivity index (χ4v) is 3.91. The molecule has 0 aliphatic carbocycles. The van der Waals surface area contributed by atoms with E-state index in [4.69, 9.17) is 0 Å². The van der Waals surface area contributed by atoms with Crippen molar-refractivity contribution in [2.45, 2.75) is 18.2 Å². The largest absolute Gasteiger partial charge is 0.352 e. The summed E-state index contributed by atoms with van der Waals surface area (Å²) in [5, 5.41) is 5.40. The summed E-state index contributed by atoms with van der Waals surface area (Å²) < 4.78 is 27.7. The van der Waals surface area contributed by atoms with Crippen LogP contribution in [0.3, 0.4) is 0 Å². The third kappa shape index (κ3) is 5.20. The maximum Gasteiger partial charge on any atom is 0.262 e. The van der Waals surface area contributed by atoms with Gasteiger partial charge in [0.1, 0.15) is 5.84 Å². The monoisotopic (exact) mass is 414 g/mol. The molecule has 0 saturated carbocycles. The number of benzene rings is 2. The number of aryl methyl sites for hydroxylation is 1. The van der Waals surface area contributed by atoms with Crippen LogP contribution in [-0.4, -0.2) is 45.7 Å². The summed E-state index contributed by atoms with van der Waals surface area (Å²) in [7, 11) is -3.80. The number of nitrogens with zero attached hydrogens (tertiary/aromatic N) is 1. The number of fused-ring (bicyclic) bond motifs is 1. The van der Waals surface area contributed by atoms with Gasteiger partial charge in [-0.2, -0.15) is 0 Å². The lowest BCUT2D eigenvalue weighted by Crippen LogP contribution is -2.37. The number of rotatable bonds is 2. The van der Waals surface area contributed by atoms with Crippen molar-refractivity contribution in [1.82, 2.24) is 15.4 Å². The minimum Gasteiger partial charge on any atom is -0.352 e. The van der Waals surface area contributed by atoms with Crippen LogP contribution in [0.4, 0.5) is 0 Å². The fraction of sp³-hybridized carbons (Fsp3) is 0.250. The van der Waals surface area contributed by atoms with Gasteiger partial charge in [-0.1, -0.05) is 29.8 Å². The minimum absolute atomic E-state index is 0.128. The van der Waals surface area contributed by atoms with Gasteiger partial charge in [-0.3, -0.25) is 19.3 Å². The predicted molar refractivity (Wildman–Crippen MR) is 110 cm³/mol. The van der Waals surface area contributed by atoms with E-state index in [1.165, 1.54) is 12.1 Å². The Kier molecular flexibility index (Phi) is 6.28. The normalized spacial score (nSPS) is 15.7. The van der Waals surface area contributed by atoms with Gasteiger partial charge < -0.3 is 10.6 Å². The number of hydrogen-bond donors (Lipinski definition) is 3. The van der Waals surface area contributed by atoms with Gasteiger partial charge in [0.2, 0.25) is 0 Å². The molecule has 0 unspecified atom stereocenters. The van der Waals surface area contributed by atoms with Crippen LogP contribution in [0.1, 0.15) is 32.7 Å². The molecule has 2 aromatic carbocycles. The van der Waals surface area contributed by atoms with Gasteiger partial charge in [0.05, 0.1) is 22.6 Å². The van der Waals surface area contributed by atoms with Crippen LogP contribution in [-0.2, 0) is 10.0 Å². The first-order valence-corrected chi connectivity index (χ1v) is 10.6. The second-order valence-electron chi connectivity index (χ2n) is 6.55. The van der Waals surface area contributed by atoms with Crippen molar-refractivity contribution in [3.05, 3.63) is 65.2 Å². The van der Waals surface area contributed by atoms with E-state index in [1.54, 1.807) is 36.4 Å². The molecule has 0 saturated heterocycles. The van der Waals surface area contributed by atoms with E-state index in [0.29, 0.717) is 0 Å². The molecule has 0 radical (unpaired) electrons. The molecule has 1 aliphatic heterocycles. The Morgan fingerprint density at radius 3 is 2.10 bits per heavy atom. The van der Waals surface area contributed by atoms with Gasteiger partial charge >= 0.3 is 0 Å². The lowest BCUT2D eigenvalue weighted by atomic mass is 10.1. The maximum atomic E-state index is 12.6. The van der Waals surface area contributed by atoms with E-state index in [-0.39, 0.29) is 53.8 Å². The maximum absolute atomic E-state index is 12.6. The van der Waals surface area contributed by atoms with Gasteiger partial charge in [0, 0.05) is 19.5 Å². The van der Waals surface area contributed by atoms with Crippen molar-refractivity contribution >= 4 is 27.7 Å². The molecule has 0 bridgehead atoms. The van der Waals surface area contributed by atoms with Crippen LogP contribution >= 0.6 is 0 Å². The molecule has 152 valence electrons. The number of carbonyl (C=O) groups is 2. The molecule has 0 spiro atoms. The van der Waals surface area contributed by atoms with Crippen LogP contribution in [0.5, 0.6) is 0 Å². The molecule has 0 aromatic heterocycles. The molecule has 3 rings (SSSR count). The van der Waals surface area contributed by atoms with E-state index in [2.05, 4.69) is 20.3 Å². The Morgan fingerprint density at radius 2 is 1.48 bits per heavy atom. The Morgan fingerprint density at radius 1 is 0.897 bits per heavy atom. The van der Waals surface area contributed by atoms with Crippen molar-refractivity contribution in [2.24, 2.45) is 4.99 Å². The first-order valence-electron chi connectivity index (χ1n) is 9.15. The second-order valence-corrected chi connectivity index (χ2v) is 8.24. The van der Waals surface area contributed by atoms with Gasteiger partial charge in [-0.05, 0) is 31.2 Å². The Hall–Kier alpha value is -3.20. The molecule has 3 N–H and O–H groups in total. The molecule has 1 aliphatic rings. The highest BCUT2D eigenvalue weighted by Crippen LogP contribution is 2.11. The molecular formula is C20H22N4O4S. The second kappa shape index (κ2) is 8.87. The molecular weight excluding hydrogens is 392 g/mol. The van der Waals surface area contributed by atoms with E-state index in [9.17, 15) is 18.0 Å². The standard InChI is InChI=1S/C20H22N4O4S/c1-14-6-8-15(9-7-14)29(27,28)24-18-10-11-22-19(25)16-4-2-3-5-17(16)20(26)23-13-12-21-18/h2-9H,10-13H2,1H3,(H,21,24)(H,22,25)(H,23,26). The van der Waals surface area contributed by atoms with Gasteiger partial charge in [0.15, 0.2) is 0 Å². The highest BCUT2D eigenvalue weighted by molar-refractivity contribution is 7.90. The number of carbonyl (C=O) groups excluding carboxylic acids is 2. The summed E-state index contributed by atoms with van der Waals surface area (Å²) >= 11 is 0. The van der Waals surface area contributed by atoms with Gasteiger partial charge in [-0.15, -0.1) is 0 Å². The molecule has 8 nitrogen and oxygen atoms in total. The first kappa shape index (κ1) is 20.5. The zero-order valence-corrected chi connectivity index (χ0v) is 16.8. The molecule has 29 heavy (non-hydrogen) atoms. The number of aliphatic imine (C=N–C) groups is 1. The molecule has 2 amide bonds. The Bertz CT molecular complexity index is 1050. The molecule has 0 fully saturated rings. The van der Waals surface area contributed by atoms with E-state index in [0.717, 1.165) is 5.56 Å². The summed E-state index contributed by atoms with van der Waals surface area (Å²) in [6.07, 6.45) is 0.201. The number of hydrogen-bond acceptors (Lipinski definition) is 5. The third-order valence-corrected chi connectivity index (χ3v) is 5.74. The average Bonchev–Trinajstić information content (AvgIpc) is 2.70. The number of amides is 2. The van der Waals surface area contributed by atoms with Crippen molar-refractivity contribution < 1.29 is 18.0 Å². The highest BCUT2D eigenvalue weighted by Gasteiger charge is 2.19. The fourth-order valence-electron chi connectivity index (χ4n) is 2.82.